The number of nitrogens with zero attached hydrogens (tertiary/aromatic N) is 4. The number of aromatic nitrogens is 4. The van der Waals surface area contributed by atoms with Gasteiger partial charge in [0.05, 0.1) is 10.7 Å². The van der Waals surface area contributed by atoms with Crippen molar-refractivity contribution in [2.75, 3.05) is 5.32 Å². The summed E-state index contributed by atoms with van der Waals surface area (Å²) in [5, 5.41) is 15.4. The molecule has 0 bridgehead atoms. The fourth-order valence-corrected chi connectivity index (χ4v) is 4.02. The maximum Gasteiger partial charge on any atom is 0.267 e. The average Bonchev–Trinajstić information content (AvgIpc) is 3.24. The van der Waals surface area contributed by atoms with Crippen LogP contribution in [-0.4, -0.2) is 26.1 Å². The first-order chi connectivity index (χ1) is 12.1. The molecule has 8 heteroatoms. The monoisotopic (exact) mass is 369 g/mol. The van der Waals surface area contributed by atoms with E-state index in [-0.39, 0.29) is 5.91 Å². The highest BCUT2D eigenvalue weighted by molar-refractivity contribution is 7.21. The van der Waals surface area contributed by atoms with Gasteiger partial charge in [-0.25, -0.2) is 4.68 Å². The normalized spacial score (nSPS) is 11.0. The standard InChI is InChI=1S/C17H12ClN5OS/c1-10-8-11(6-7-13(10)23-9-19-21-22-23)20-17(24)16-15(18)12-4-2-3-5-14(12)25-16/h2-9H,1H3,(H,20,24). The molecule has 2 heterocycles. The topological polar surface area (TPSA) is 72.7 Å². The fourth-order valence-electron chi connectivity index (χ4n) is 2.61. The summed E-state index contributed by atoms with van der Waals surface area (Å²) in [6, 6.07) is 13.2. The molecule has 1 amide bonds. The van der Waals surface area contributed by atoms with Gasteiger partial charge < -0.3 is 5.32 Å². The molecule has 0 aliphatic heterocycles. The Morgan fingerprint density at radius 2 is 2.08 bits per heavy atom. The predicted octanol–water partition coefficient (Wildman–Crippen LogP) is 4.09. The zero-order valence-corrected chi connectivity index (χ0v) is 14.7. The molecule has 0 unspecified atom stereocenters. The Bertz CT molecular complexity index is 1070. The summed E-state index contributed by atoms with van der Waals surface area (Å²) in [4.78, 5) is 13.1. The van der Waals surface area contributed by atoms with E-state index in [4.69, 9.17) is 11.6 Å². The van der Waals surface area contributed by atoms with Crippen LogP contribution in [0, 0.1) is 6.92 Å². The van der Waals surface area contributed by atoms with Gasteiger partial charge in [0.1, 0.15) is 11.2 Å². The molecule has 0 aliphatic carbocycles. The molecule has 0 saturated carbocycles. The van der Waals surface area contributed by atoms with Crippen molar-refractivity contribution in [3.8, 4) is 5.69 Å². The van der Waals surface area contributed by atoms with Gasteiger partial charge in [0, 0.05) is 15.8 Å². The van der Waals surface area contributed by atoms with Crippen LogP contribution in [0.2, 0.25) is 5.02 Å². The van der Waals surface area contributed by atoms with Crippen LogP contribution in [0.3, 0.4) is 0 Å². The van der Waals surface area contributed by atoms with E-state index in [1.165, 1.54) is 17.7 Å². The molecule has 0 spiro atoms. The van der Waals surface area contributed by atoms with E-state index in [1.807, 2.05) is 49.4 Å². The number of nitrogens with one attached hydrogen (secondary N) is 1. The smallest absolute Gasteiger partial charge is 0.267 e. The van der Waals surface area contributed by atoms with Gasteiger partial charge in [-0.3, -0.25) is 4.79 Å². The molecule has 0 saturated heterocycles. The molecule has 6 nitrogen and oxygen atoms in total. The van der Waals surface area contributed by atoms with Crippen LogP contribution < -0.4 is 5.32 Å². The average molecular weight is 370 g/mol. The number of tetrazole rings is 1. The first-order valence-electron chi connectivity index (χ1n) is 7.46. The summed E-state index contributed by atoms with van der Waals surface area (Å²) < 4.78 is 2.56. The van der Waals surface area contributed by atoms with Gasteiger partial charge in [0.25, 0.3) is 5.91 Å². The van der Waals surface area contributed by atoms with Gasteiger partial charge in [0.15, 0.2) is 0 Å². The minimum atomic E-state index is -0.222. The zero-order chi connectivity index (χ0) is 17.4. The van der Waals surface area contributed by atoms with E-state index in [0.717, 1.165) is 21.3 Å². The molecule has 4 aromatic rings. The largest absolute Gasteiger partial charge is 0.321 e. The number of carbonyl (C=O) groups is 1. The molecule has 0 fully saturated rings. The van der Waals surface area contributed by atoms with Crippen molar-refractivity contribution in [2.24, 2.45) is 0 Å². The maximum absolute atomic E-state index is 12.6. The number of fused-ring (bicyclic) bond motifs is 1. The number of aryl methyl sites for hydroxylation is 1. The first kappa shape index (κ1) is 15.7. The number of amides is 1. The Kier molecular flexibility index (Phi) is 3.95. The highest BCUT2D eigenvalue weighted by Crippen LogP contribution is 2.35. The highest BCUT2D eigenvalue weighted by atomic mass is 35.5. The van der Waals surface area contributed by atoms with Crippen LogP contribution in [0.15, 0.2) is 48.8 Å². The maximum atomic E-state index is 12.6. The number of thiophene rings is 1. The van der Waals surface area contributed by atoms with Gasteiger partial charge in [-0.05, 0) is 47.2 Å². The first-order valence-corrected chi connectivity index (χ1v) is 8.65. The Labute approximate surface area is 152 Å². The predicted molar refractivity (Wildman–Crippen MR) is 98.7 cm³/mol. The van der Waals surface area contributed by atoms with Gasteiger partial charge in [-0.1, -0.05) is 29.8 Å². The lowest BCUT2D eigenvalue weighted by atomic mass is 10.1. The lowest BCUT2D eigenvalue weighted by Gasteiger charge is -2.08. The number of hydrogen-bond acceptors (Lipinski definition) is 5. The molecular formula is C17H12ClN5OS. The molecular weight excluding hydrogens is 358 g/mol. The molecule has 25 heavy (non-hydrogen) atoms. The Hall–Kier alpha value is -2.77. The summed E-state index contributed by atoms with van der Waals surface area (Å²) in [6.07, 6.45) is 1.53. The third-order valence-electron chi connectivity index (χ3n) is 3.79. The summed E-state index contributed by atoms with van der Waals surface area (Å²) in [6.45, 7) is 1.93. The van der Waals surface area contributed by atoms with Crippen LogP contribution in [0.25, 0.3) is 15.8 Å². The van der Waals surface area contributed by atoms with Crippen molar-refractivity contribution in [1.82, 2.24) is 20.2 Å². The summed E-state index contributed by atoms with van der Waals surface area (Å²) in [7, 11) is 0. The Morgan fingerprint density at radius 3 is 2.80 bits per heavy atom. The van der Waals surface area contributed by atoms with Crippen molar-refractivity contribution < 1.29 is 4.79 Å². The van der Waals surface area contributed by atoms with Gasteiger partial charge in [-0.15, -0.1) is 16.4 Å². The molecule has 124 valence electrons. The van der Waals surface area contributed by atoms with Crippen molar-refractivity contribution in [3.05, 3.63) is 64.3 Å². The van der Waals surface area contributed by atoms with E-state index in [2.05, 4.69) is 20.8 Å². The number of hydrogen-bond donors (Lipinski definition) is 1. The number of rotatable bonds is 3. The summed E-state index contributed by atoms with van der Waals surface area (Å²) in [5.41, 5.74) is 2.48. The molecule has 0 aliphatic rings. The Morgan fingerprint density at radius 1 is 1.24 bits per heavy atom. The second kappa shape index (κ2) is 6.27. The van der Waals surface area contributed by atoms with E-state index >= 15 is 0 Å². The third kappa shape index (κ3) is 2.88. The van der Waals surface area contributed by atoms with Crippen molar-refractivity contribution in [3.63, 3.8) is 0 Å². The Balaban J connectivity index is 1.62. The minimum absolute atomic E-state index is 0.222. The molecule has 0 radical (unpaired) electrons. The lowest BCUT2D eigenvalue weighted by Crippen LogP contribution is -2.11. The summed E-state index contributed by atoms with van der Waals surface area (Å²) >= 11 is 7.75. The van der Waals surface area contributed by atoms with Crippen LogP contribution in [0.1, 0.15) is 15.2 Å². The molecule has 0 atom stereocenters. The number of carbonyl (C=O) groups excluding carboxylic acids is 1. The molecule has 1 N–H and O–H groups in total. The number of anilines is 1. The third-order valence-corrected chi connectivity index (χ3v) is 5.47. The fraction of sp³-hybridized carbons (Fsp3) is 0.0588. The summed E-state index contributed by atoms with van der Waals surface area (Å²) in [5.74, 6) is -0.222. The molecule has 2 aromatic heterocycles. The molecule has 4 rings (SSSR count). The van der Waals surface area contributed by atoms with Crippen LogP contribution >= 0.6 is 22.9 Å². The van der Waals surface area contributed by atoms with Crippen molar-refractivity contribution >= 4 is 44.6 Å². The second-order valence-corrected chi connectivity index (χ2v) is 6.88. The molecule has 2 aromatic carbocycles. The van der Waals surface area contributed by atoms with Crippen LogP contribution in [-0.2, 0) is 0 Å². The van der Waals surface area contributed by atoms with Crippen molar-refractivity contribution in [2.45, 2.75) is 6.92 Å². The SMILES string of the molecule is Cc1cc(NC(=O)c2sc3ccccc3c2Cl)ccc1-n1cnnn1. The minimum Gasteiger partial charge on any atom is -0.321 e. The highest BCUT2D eigenvalue weighted by Gasteiger charge is 2.17. The quantitative estimate of drug-likeness (QED) is 0.590. The van der Waals surface area contributed by atoms with Crippen LogP contribution in [0.5, 0.6) is 0 Å². The van der Waals surface area contributed by atoms with Crippen LogP contribution in [0.4, 0.5) is 5.69 Å². The lowest BCUT2D eigenvalue weighted by molar-refractivity contribution is 0.103. The second-order valence-electron chi connectivity index (χ2n) is 5.45. The van der Waals surface area contributed by atoms with Crippen molar-refractivity contribution in [1.29, 1.82) is 0 Å². The van der Waals surface area contributed by atoms with E-state index in [1.54, 1.807) is 4.68 Å². The number of benzene rings is 2. The zero-order valence-electron chi connectivity index (χ0n) is 13.1. The number of halogens is 1. The van der Waals surface area contributed by atoms with E-state index in [0.29, 0.717) is 15.6 Å². The van der Waals surface area contributed by atoms with E-state index < -0.39 is 0 Å². The van der Waals surface area contributed by atoms with Gasteiger partial charge in [0.2, 0.25) is 0 Å². The van der Waals surface area contributed by atoms with Gasteiger partial charge >= 0.3 is 0 Å². The van der Waals surface area contributed by atoms with Gasteiger partial charge in [-0.2, -0.15) is 0 Å². The van der Waals surface area contributed by atoms with E-state index in [9.17, 15) is 4.79 Å².